The zero-order valence-corrected chi connectivity index (χ0v) is 10.1. The first-order valence-electron chi connectivity index (χ1n) is 5.98. The Morgan fingerprint density at radius 3 is 2.67 bits per heavy atom. The summed E-state index contributed by atoms with van der Waals surface area (Å²) >= 11 is 0. The molecule has 1 aliphatic rings. The van der Waals surface area contributed by atoms with Gasteiger partial charge in [0.05, 0.1) is 5.56 Å². The van der Waals surface area contributed by atoms with Crippen molar-refractivity contribution < 1.29 is 18.3 Å². The maximum atomic E-state index is 12.6. The van der Waals surface area contributed by atoms with Crippen LogP contribution in [0.15, 0.2) is 24.3 Å². The number of hydrogen-bond donors (Lipinski definition) is 1. The summed E-state index contributed by atoms with van der Waals surface area (Å²) in [6, 6.07) is 5.51. The normalized spacial score (nSPS) is 23.9. The second-order valence-corrected chi connectivity index (χ2v) is 4.76. The third kappa shape index (κ3) is 2.46. The first-order valence-corrected chi connectivity index (χ1v) is 5.98. The summed E-state index contributed by atoms with van der Waals surface area (Å²) in [6.07, 6.45) is -3.71. The van der Waals surface area contributed by atoms with E-state index in [1.807, 2.05) is 11.8 Å². The van der Waals surface area contributed by atoms with Gasteiger partial charge in [0.2, 0.25) is 0 Å². The summed E-state index contributed by atoms with van der Waals surface area (Å²) in [5.74, 6) is 0.409. The van der Waals surface area contributed by atoms with Gasteiger partial charge in [-0.1, -0.05) is 13.0 Å². The van der Waals surface area contributed by atoms with E-state index in [1.165, 1.54) is 12.1 Å². The topological polar surface area (TPSA) is 23.5 Å². The molecule has 1 N–H and O–H groups in total. The second kappa shape index (κ2) is 4.80. The third-order valence-corrected chi connectivity index (χ3v) is 3.47. The van der Waals surface area contributed by atoms with Crippen LogP contribution in [-0.2, 0) is 6.18 Å². The average molecular weight is 259 g/mol. The summed E-state index contributed by atoms with van der Waals surface area (Å²) < 4.78 is 37.8. The number of aliphatic hydroxyl groups is 1. The van der Waals surface area contributed by atoms with Crippen LogP contribution in [0, 0.1) is 5.92 Å². The lowest BCUT2D eigenvalue weighted by molar-refractivity contribution is -0.137. The molecule has 5 heteroatoms. The highest BCUT2D eigenvalue weighted by Crippen LogP contribution is 2.36. The van der Waals surface area contributed by atoms with Gasteiger partial charge in [-0.2, -0.15) is 13.2 Å². The van der Waals surface area contributed by atoms with Crippen LogP contribution in [0.4, 0.5) is 18.9 Å². The number of benzene rings is 1. The molecule has 1 fully saturated rings. The van der Waals surface area contributed by atoms with Gasteiger partial charge in [0.1, 0.15) is 0 Å². The van der Waals surface area contributed by atoms with Crippen molar-refractivity contribution in [1.82, 2.24) is 0 Å². The zero-order chi connectivity index (χ0) is 13.3. The van der Waals surface area contributed by atoms with Crippen LogP contribution in [0.2, 0.25) is 0 Å². The summed E-state index contributed by atoms with van der Waals surface area (Å²) in [6.45, 7) is 2.85. The summed E-state index contributed by atoms with van der Waals surface area (Å²) in [5.41, 5.74) is -0.0383. The van der Waals surface area contributed by atoms with Crippen LogP contribution in [0.5, 0.6) is 0 Å². The first kappa shape index (κ1) is 13.2. The maximum absolute atomic E-state index is 12.6. The number of alkyl halides is 3. The van der Waals surface area contributed by atoms with Crippen LogP contribution in [0.3, 0.4) is 0 Å². The predicted octanol–water partition coefficient (Wildman–Crippen LogP) is 2.91. The number of aliphatic hydroxyl groups excluding tert-OH is 1. The van der Waals surface area contributed by atoms with Crippen molar-refractivity contribution in [2.24, 2.45) is 5.92 Å². The molecule has 100 valence electrons. The molecule has 0 aliphatic carbocycles. The minimum atomic E-state index is -4.31. The minimum absolute atomic E-state index is 0.0600. The molecule has 0 saturated carbocycles. The number of nitrogens with zero attached hydrogens (tertiary/aromatic N) is 1. The molecule has 18 heavy (non-hydrogen) atoms. The van der Waals surface area contributed by atoms with Crippen molar-refractivity contribution in [3.63, 3.8) is 0 Å². The fraction of sp³-hybridized carbons (Fsp3) is 0.538. The molecule has 2 nitrogen and oxygen atoms in total. The zero-order valence-electron chi connectivity index (χ0n) is 10.1. The Morgan fingerprint density at radius 1 is 1.39 bits per heavy atom. The van der Waals surface area contributed by atoms with E-state index in [1.54, 1.807) is 6.07 Å². The standard InChI is InChI=1S/C13H16F3NO/c1-9-8-17(12(9)5-6-18)11-4-2-3-10(7-11)13(14,15)16/h2-4,7,9,12,18H,5-6,8H2,1H3. The van der Waals surface area contributed by atoms with E-state index >= 15 is 0 Å². The highest BCUT2D eigenvalue weighted by Gasteiger charge is 2.36. The minimum Gasteiger partial charge on any atom is -0.396 e. The van der Waals surface area contributed by atoms with Crippen molar-refractivity contribution >= 4 is 5.69 Å². The van der Waals surface area contributed by atoms with Gasteiger partial charge in [-0.3, -0.25) is 0 Å². The van der Waals surface area contributed by atoms with Gasteiger partial charge in [0.15, 0.2) is 0 Å². The van der Waals surface area contributed by atoms with E-state index in [0.717, 1.165) is 12.6 Å². The number of hydrogen-bond acceptors (Lipinski definition) is 2. The maximum Gasteiger partial charge on any atom is 0.416 e. The molecular weight excluding hydrogens is 243 g/mol. The molecular formula is C13H16F3NO. The molecule has 1 saturated heterocycles. The van der Waals surface area contributed by atoms with Crippen LogP contribution in [0.25, 0.3) is 0 Å². The summed E-state index contributed by atoms with van der Waals surface area (Å²) in [5, 5.41) is 8.96. The molecule has 1 aliphatic heterocycles. The highest BCUT2D eigenvalue weighted by atomic mass is 19.4. The van der Waals surface area contributed by atoms with E-state index in [2.05, 4.69) is 0 Å². The second-order valence-electron chi connectivity index (χ2n) is 4.76. The van der Waals surface area contributed by atoms with Crippen LogP contribution in [-0.4, -0.2) is 24.3 Å². The molecule has 1 heterocycles. The van der Waals surface area contributed by atoms with Crippen LogP contribution >= 0.6 is 0 Å². The largest absolute Gasteiger partial charge is 0.416 e. The molecule has 0 spiro atoms. The van der Waals surface area contributed by atoms with E-state index in [0.29, 0.717) is 18.0 Å². The molecule has 0 bridgehead atoms. The smallest absolute Gasteiger partial charge is 0.396 e. The Kier molecular flexibility index (Phi) is 3.52. The lowest BCUT2D eigenvalue weighted by Gasteiger charge is -2.48. The van der Waals surface area contributed by atoms with Gasteiger partial charge >= 0.3 is 6.18 Å². The lowest BCUT2D eigenvalue weighted by Crippen LogP contribution is -2.55. The van der Waals surface area contributed by atoms with Crippen LogP contribution in [0.1, 0.15) is 18.9 Å². The Balaban J connectivity index is 2.19. The predicted molar refractivity (Wildman–Crippen MR) is 63.4 cm³/mol. The fourth-order valence-electron chi connectivity index (χ4n) is 2.47. The lowest BCUT2D eigenvalue weighted by atomic mass is 9.87. The van der Waals surface area contributed by atoms with Gasteiger partial charge in [-0.15, -0.1) is 0 Å². The van der Waals surface area contributed by atoms with Crippen LogP contribution < -0.4 is 4.90 Å². The van der Waals surface area contributed by atoms with E-state index in [9.17, 15) is 13.2 Å². The van der Waals surface area contributed by atoms with Gasteiger partial charge in [0, 0.05) is 24.9 Å². The molecule has 0 aromatic heterocycles. The number of rotatable bonds is 3. The van der Waals surface area contributed by atoms with Crippen molar-refractivity contribution in [2.75, 3.05) is 18.1 Å². The number of anilines is 1. The van der Waals surface area contributed by atoms with Crippen molar-refractivity contribution in [2.45, 2.75) is 25.6 Å². The summed E-state index contributed by atoms with van der Waals surface area (Å²) in [7, 11) is 0. The monoisotopic (exact) mass is 259 g/mol. The van der Waals surface area contributed by atoms with E-state index in [-0.39, 0.29) is 12.6 Å². The Labute approximate surface area is 104 Å². The third-order valence-electron chi connectivity index (χ3n) is 3.47. The summed E-state index contributed by atoms with van der Waals surface area (Å²) in [4.78, 5) is 1.93. The van der Waals surface area contributed by atoms with Gasteiger partial charge in [-0.05, 0) is 30.5 Å². The number of halogens is 3. The fourth-order valence-corrected chi connectivity index (χ4v) is 2.47. The Hall–Kier alpha value is -1.23. The quantitative estimate of drug-likeness (QED) is 0.902. The molecule has 2 rings (SSSR count). The van der Waals surface area contributed by atoms with Gasteiger partial charge in [0.25, 0.3) is 0 Å². The molecule has 0 radical (unpaired) electrons. The molecule has 1 aromatic rings. The van der Waals surface area contributed by atoms with E-state index in [4.69, 9.17) is 5.11 Å². The molecule has 1 aromatic carbocycles. The molecule has 0 amide bonds. The Morgan fingerprint density at radius 2 is 2.11 bits per heavy atom. The van der Waals surface area contributed by atoms with E-state index < -0.39 is 11.7 Å². The molecule has 2 unspecified atom stereocenters. The van der Waals surface area contributed by atoms with Crippen molar-refractivity contribution in [3.05, 3.63) is 29.8 Å². The average Bonchev–Trinajstić information content (AvgIpc) is 2.32. The first-order chi connectivity index (χ1) is 8.43. The van der Waals surface area contributed by atoms with Gasteiger partial charge < -0.3 is 10.0 Å². The van der Waals surface area contributed by atoms with Gasteiger partial charge in [-0.25, -0.2) is 0 Å². The van der Waals surface area contributed by atoms with Crippen molar-refractivity contribution in [1.29, 1.82) is 0 Å². The molecule has 2 atom stereocenters. The highest BCUT2D eigenvalue weighted by molar-refractivity contribution is 5.52. The Bertz CT molecular complexity index is 419. The van der Waals surface area contributed by atoms with Crippen molar-refractivity contribution in [3.8, 4) is 0 Å². The SMILES string of the molecule is CC1CN(c2cccc(C(F)(F)F)c2)C1CCO.